The zero-order valence-electron chi connectivity index (χ0n) is 9.71. The Kier molecular flexibility index (Phi) is 2.72. The highest BCUT2D eigenvalue weighted by atomic mass is 19.1. The molecule has 18 heavy (non-hydrogen) atoms. The number of hydrogen-bond acceptors (Lipinski definition) is 3. The summed E-state index contributed by atoms with van der Waals surface area (Å²) in [5.74, 6) is 0.372. The molecule has 92 valence electrons. The van der Waals surface area contributed by atoms with Crippen molar-refractivity contribution in [1.82, 2.24) is 4.98 Å². The molecule has 2 atom stereocenters. The van der Waals surface area contributed by atoms with E-state index in [1.54, 1.807) is 18.5 Å². The van der Waals surface area contributed by atoms with Gasteiger partial charge in [0.15, 0.2) is 0 Å². The van der Waals surface area contributed by atoms with Gasteiger partial charge in [-0.1, -0.05) is 6.07 Å². The first-order valence-corrected chi connectivity index (χ1v) is 5.85. The lowest BCUT2D eigenvalue weighted by Gasteiger charge is -2.30. The maximum absolute atomic E-state index is 13.2. The molecule has 0 saturated carbocycles. The van der Waals surface area contributed by atoms with Crippen LogP contribution >= 0.6 is 0 Å². The van der Waals surface area contributed by atoms with Gasteiger partial charge >= 0.3 is 0 Å². The predicted octanol–water partition coefficient (Wildman–Crippen LogP) is 2.74. The Morgan fingerprint density at radius 3 is 3.00 bits per heavy atom. The molecule has 1 aromatic carbocycles. The number of nitrogens with two attached hydrogens (primary N) is 1. The minimum atomic E-state index is -0.285. The van der Waals surface area contributed by atoms with Gasteiger partial charge in [0.2, 0.25) is 0 Å². The number of hydrogen-bond donors (Lipinski definition) is 1. The zero-order chi connectivity index (χ0) is 12.5. The van der Waals surface area contributed by atoms with E-state index in [0.29, 0.717) is 12.2 Å². The van der Waals surface area contributed by atoms with Crippen LogP contribution in [0.25, 0.3) is 0 Å². The minimum Gasteiger partial charge on any atom is -0.485 e. The van der Waals surface area contributed by atoms with Crippen LogP contribution in [-0.4, -0.2) is 4.98 Å². The van der Waals surface area contributed by atoms with Crippen LogP contribution in [0.2, 0.25) is 0 Å². The van der Waals surface area contributed by atoms with Crippen molar-refractivity contribution >= 4 is 0 Å². The number of aromatic nitrogens is 1. The van der Waals surface area contributed by atoms with E-state index in [4.69, 9.17) is 10.5 Å². The summed E-state index contributed by atoms with van der Waals surface area (Å²) < 4.78 is 19.0. The van der Waals surface area contributed by atoms with Crippen molar-refractivity contribution < 1.29 is 9.13 Å². The summed E-state index contributed by atoms with van der Waals surface area (Å²) in [5, 5.41) is 0. The molecule has 1 aliphatic rings. The highest BCUT2D eigenvalue weighted by molar-refractivity contribution is 5.39. The Balaban J connectivity index is 1.95. The maximum atomic E-state index is 13.2. The molecule has 0 aliphatic carbocycles. The highest BCUT2D eigenvalue weighted by Crippen LogP contribution is 2.39. The first kappa shape index (κ1) is 11.2. The van der Waals surface area contributed by atoms with E-state index in [1.807, 2.05) is 12.1 Å². The van der Waals surface area contributed by atoms with Crippen molar-refractivity contribution in [2.45, 2.75) is 18.6 Å². The topological polar surface area (TPSA) is 48.1 Å². The third-order valence-electron chi connectivity index (χ3n) is 3.16. The number of benzene rings is 1. The number of fused-ring (bicyclic) bond motifs is 1. The van der Waals surface area contributed by atoms with Crippen molar-refractivity contribution in [1.29, 1.82) is 0 Å². The Labute approximate surface area is 104 Å². The van der Waals surface area contributed by atoms with Crippen molar-refractivity contribution in [3.63, 3.8) is 0 Å². The molecule has 3 rings (SSSR count). The third kappa shape index (κ3) is 1.95. The van der Waals surface area contributed by atoms with E-state index < -0.39 is 0 Å². The molecule has 1 aliphatic heterocycles. The maximum Gasteiger partial charge on any atom is 0.127 e. The fourth-order valence-corrected chi connectivity index (χ4v) is 2.25. The van der Waals surface area contributed by atoms with Crippen LogP contribution in [0.15, 0.2) is 42.7 Å². The average Bonchev–Trinajstić information content (AvgIpc) is 2.40. The molecule has 2 heterocycles. The number of nitrogens with zero attached hydrogens (tertiary/aromatic N) is 1. The summed E-state index contributed by atoms with van der Waals surface area (Å²) in [6.45, 7) is 0. The van der Waals surface area contributed by atoms with Crippen molar-refractivity contribution in [2.75, 3.05) is 0 Å². The first-order chi connectivity index (χ1) is 8.74. The van der Waals surface area contributed by atoms with Gasteiger partial charge in [-0.2, -0.15) is 0 Å². The lowest BCUT2D eigenvalue weighted by molar-refractivity contribution is 0.161. The second-order valence-electron chi connectivity index (χ2n) is 4.42. The molecular formula is C14H13FN2O. The van der Waals surface area contributed by atoms with Crippen LogP contribution in [0, 0.1) is 5.82 Å². The summed E-state index contributed by atoms with van der Waals surface area (Å²) >= 11 is 0. The lowest BCUT2D eigenvalue weighted by atomic mass is 9.94. The summed E-state index contributed by atoms with van der Waals surface area (Å²) in [6.07, 6.45) is 4.00. The van der Waals surface area contributed by atoms with Gasteiger partial charge in [0.25, 0.3) is 0 Å². The Morgan fingerprint density at radius 2 is 2.22 bits per heavy atom. The van der Waals surface area contributed by atoms with Crippen molar-refractivity contribution in [3.8, 4) is 5.75 Å². The average molecular weight is 244 g/mol. The van der Waals surface area contributed by atoms with Gasteiger partial charge in [0.05, 0.1) is 0 Å². The normalized spacial score (nSPS) is 22.1. The third-order valence-corrected chi connectivity index (χ3v) is 3.16. The van der Waals surface area contributed by atoms with E-state index in [-0.39, 0.29) is 18.0 Å². The Morgan fingerprint density at radius 1 is 1.33 bits per heavy atom. The van der Waals surface area contributed by atoms with Gasteiger partial charge in [0.1, 0.15) is 17.7 Å². The van der Waals surface area contributed by atoms with Crippen molar-refractivity contribution in [3.05, 3.63) is 59.7 Å². The lowest BCUT2D eigenvalue weighted by Crippen LogP contribution is -2.24. The first-order valence-electron chi connectivity index (χ1n) is 5.85. The van der Waals surface area contributed by atoms with Gasteiger partial charge in [-0.05, 0) is 24.3 Å². The SMILES string of the molecule is N[C@@H]1CC(c2cccnc2)Oc2ccc(F)cc21. The number of ether oxygens (including phenoxy) is 1. The van der Waals surface area contributed by atoms with E-state index >= 15 is 0 Å². The fraction of sp³-hybridized carbons (Fsp3) is 0.214. The Bertz CT molecular complexity index is 559. The predicted molar refractivity (Wildman–Crippen MR) is 65.6 cm³/mol. The van der Waals surface area contributed by atoms with Crippen LogP contribution in [-0.2, 0) is 0 Å². The van der Waals surface area contributed by atoms with Gasteiger partial charge in [-0.25, -0.2) is 4.39 Å². The molecular weight excluding hydrogens is 231 g/mol. The number of rotatable bonds is 1. The quantitative estimate of drug-likeness (QED) is 0.839. The molecule has 2 aromatic rings. The molecule has 2 N–H and O–H groups in total. The number of halogens is 1. The van der Waals surface area contributed by atoms with Crippen LogP contribution < -0.4 is 10.5 Å². The van der Waals surface area contributed by atoms with E-state index in [9.17, 15) is 4.39 Å². The van der Waals surface area contributed by atoms with E-state index in [2.05, 4.69) is 4.98 Å². The summed E-state index contributed by atoms with van der Waals surface area (Å²) in [4.78, 5) is 4.07. The molecule has 1 unspecified atom stereocenters. The van der Waals surface area contributed by atoms with Gasteiger partial charge < -0.3 is 10.5 Å². The van der Waals surface area contributed by atoms with Crippen molar-refractivity contribution in [2.24, 2.45) is 5.73 Å². The molecule has 0 fully saturated rings. The van der Waals surface area contributed by atoms with Gasteiger partial charge in [0, 0.05) is 36.0 Å². The van der Waals surface area contributed by atoms with Crippen LogP contribution in [0.5, 0.6) is 5.75 Å². The van der Waals surface area contributed by atoms with Gasteiger partial charge in [-0.15, -0.1) is 0 Å². The molecule has 0 spiro atoms. The minimum absolute atomic E-state index is 0.119. The molecule has 0 amide bonds. The molecule has 3 nitrogen and oxygen atoms in total. The molecule has 1 aromatic heterocycles. The van der Waals surface area contributed by atoms with E-state index in [0.717, 1.165) is 11.1 Å². The fourth-order valence-electron chi connectivity index (χ4n) is 2.25. The van der Waals surface area contributed by atoms with E-state index in [1.165, 1.54) is 12.1 Å². The highest BCUT2D eigenvalue weighted by Gasteiger charge is 2.27. The van der Waals surface area contributed by atoms with Crippen LogP contribution in [0.3, 0.4) is 0 Å². The second kappa shape index (κ2) is 4.38. The smallest absolute Gasteiger partial charge is 0.127 e. The monoisotopic (exact) mass is 244 g/mol. The second-order valence-corrected chi connectivity index (χ2v) is 4.42. The van der Waals surface area contributed by atoms with Crippen LogP contribution in [0.1, 0.15) is 29.7 Å². The van der Waals surface area contributed by atoms with Crippen LogP contribution in [0.4, 0.5) is 4.39 Å². The standard InChI is InChI=1S/C14H13FN2O/c15-10-3-4-13-11(6-10)12(16)7-14(18-13)9-2-1-5-17-8-9/h1-6,8,12,14H,7,16H2/t12-,14?/m1/s1. The summed E-state index contributed by atoms with van der Waals surface area (Å²) in [5.41, 5.74) is 7.80. The molecule has 0 bridgehead atoms. The molecule has 0 saturated heterocycles. The molecule has 0 radical (unpaired) electrons. The summed E-state index contributed by atoms with van der Waals surface area (Å²) in [6, 6.07) is 8.07. The molecule has 4 heteroatoms. The zero-order valence-corrected chi connectivity index (χ0v) is 9.71. The Hall–Kier alpha value is -1.94. The van der Waals surface area contributed by atoms with Gasteiger partial charge in [-0.3, -0.25) is 4.98 Å². The number of pyridine rings is 1. The summed E-state index contributed by atoms with van der Waals surface area (Å²) in [7, 11) is 0. The largest absolute Gasteiger partial charge is 0.485 e.